The van der Waals surface area contributed by atoms with Crippen LogP contribution in [0.25, 0.3) is 0 Å². The smallest absolute Gasteiger partial charge is 0.315 e. The van der Waals surface area contributed by atoms with Crippen LogP contribution in [0.15, 0.2) is 24.3 Å². The summed E-state index contributed by atoms with van der Waals surface area (Å²) in [4.78, 5) is 28.9. The van der Waals surface area contributed by atoms with Crippen LogP contribution in [0.5, 0.6) is 0 Å². The first-order valence-electron chi connectivity index (χ1n) is 9.90. The largest absolute Gasteiger partial charge is 0.337 e. The van der Waals surface area contributed by atoms with Crippen LogP contribution in [0, 0.1) is 0 Å². The highest BCUT2D eigenvalue weighted by Gasteiger charge is 2.31. The third-order valence-corrected chi connectivity index (χ3v) is 5.19. The van der Waals surface area contributed by atoms with E-state index in [1.165, 1.54) is 0 Å². The molecule has 3 N–H and O–H groups in total. The Labute approximate surface area is 161 Å². The molecule has 0 radical (unpaired) electrons. The van der Waals surface area contributed by atoms with Gasteiger partial charge < -0.3 is 20.9 Å². The monoisotopic (exact) mass is 373 g/mol. The second-order valence-corrected chi connectivity index (χ2v) is 7.66. The van der Waals surface area contributed by atoms with Gasteiger partial charge in [-0.25, -0.2) is 4.79 Å². The van der Waals surface area contributed by atoms with Crippen LogP contribution in [0.3, 0.4) is 0 Å². The Morgan fingerprint density at radius 3 is 2.52 bits per heavy atom. The molecule has 0 aromatic heterocycles. The Morgan fingerprint density at radius 2 is 1.85 bits per heavy atom. The van der Waals surface area contributed by atoms with Gasteiger partial charge in [0.15, 0.2) is 0 Å². The Hall–Kier alpha value is -2.12. The number of likely N-dealkylation sites (tertiary alicyclic amines) is 1. The number of urea groups is 1. The lowest BCUT2D eigenvalue weighted by atomic mass is 10.1. The number of rotatable bonds is 5. The summed E-state index contributed by atoms with van der Waals surface area (Å²) < 4.78 is 0. The van der Waals surface area contributed by atoms with Gasteiger partial charge in [0.1, 0.15) is 0 Å². The molecule has 27 heavy (non-hydrogen) atoms. The first kappa shape index (κ1) is 19.6. The Morgan fingerprint density at radius 1 is 1.15 bits per heavy atom. The minimum absolute atomic E-state index is 0.102. The third kappa shape index (κ3) is 5.43. The van der Waals surface area contributed by atoms with Crippen molar-refractivity contribution < 1.29 is 9.59 Å². The van der Waals surface area contributed by atoms with E-state index >= 15 is 0 Å². The molecule has 2 fully saturated rings. The maximum atomic E-state index is 12.8. The molecule has 7 heteroatoms. The van der Waals surface area contributed by atoms with Crippen LogP contribution in [-0.2, 0) is 6.54 Å². The number of nitrogens with one attached hydrogen (secondary N) is 3. The van der Waals surface area contributed by atoms with E-state index in [1.54, 1.807) is 0 Å². The predicted molar refractivity (Wildman–Crippen MR) is 106 cm³/mol. The van der Waals surface area contributed by atoms with Crippen molar-refractivity contribution >= 4 is 11.9 Å². The highest BCUT2D eigenvalue weighted by atomic mass is 16.2. The summed E-state index contributed by atoms with van der Waals surface area (Å²) in [6.45, 7) is 10.1. The fourth-order valence-electron chi connectivity index (χ4n) is 3.71. The normalized spacial score (nSPS) is 20.7. The molecular weight excluding hydrogens is 342 g/mol. The molecule has 2 saturated heterocycles. The Balaban J connectivity index is 1.49. The molecular formula is C20H31N5O2. The highest BCUT2D eigenvalue weighted by molar-refractivity contribution is 5.94. The van der Waals surface area contributed by atoms with Gasteiger partial charge in [0, 0.05) is 63.5 Å². The Bertz CT molecular complexity index is 640. The number of benzene rings is 1. The van der Waals surface area contributed by atoms with Gasteiger partial charge in [0.25, 0.3) is 5.91 Å². The van der Waals surface area contributed by atoms with Crippen LogP contribution >= 0.6 is 0 Å². The summed E-state index contributed by atoms with van der Waals surface area (Å²) in [7, 11) is 0. The van der Waals surface area contributed by atoms with E-state index in [0.717, 1.165) is 51.3 Å². The molecule has 3 rings (SSSR count). The van der Waals surface area contributed by atoms with Crippen molar-refractivity contribution in [2.24, 2.45) is 0 Å². The standard InChI is InChI=1S/C20H31N5O2/c1-15(2)23-20(27)22-13-16-3-5-17(6-4-16)19(26)25-10-7-18(14-25)24-11-8-21-9-12-24/h3-6,15,18,21H,7-14H2,1-2H3,(H2,22,23,27). The summed E-state index contributed by atoms with van der Waals surface area (Å²) in [6.07, 6.45) is 1.05. The van der Waals surface area contributed by atoms with Crippen LogP contribution in [0.4, 0.5) is 4.79 Å². The molecule has 7 nitrogen and oxygen atoms in total. The molecule has 0 spiro atoms. The zero-order chi connectivity index (χ0) is 19.2. The zero-order valence-electron chi connectivity index (χ0n) is 16.3. The van der Waals surface area contributed by atoms with Crippen molar-refractivity contribution in [2.75, 3.05) is 39.3 Å². The van der Waals surface area contributed by atoms with Gasteiger partial charge in [0.2, 0.25) is 0 Å². The topological polar surface area (TPSA) is 76.7 Å². The minimum Gasteiger partial charge on any atom is -0.337 e. The van der Waals surface area contributed by atoms with E-state index in [2.05, 4.69) is 20.9 Å². The SMILES string of the molecule is CC(C)NC(=O)NCc1ccc(C(=O)N2CCC(N3CCNCC3)C2)cc1. The van der Waals surface area contributed by atoms with Gasteiger partial charge in [-0.1, -0.05) is 12.1 Å². The van der Waals surface area contributed by atoms with E-state index in [9.17, 15) is 9.59 Å². The number of hydrogen-bond acceptors (Lipinski definition) is 4. The van der Waals surface area contributed by atoms with Crippen molar-refractivity contribution in [3.63, 3.8) is 0 Å². The Kier molecular flexibility index (Phi) is 6.68. The van der Waals surface area contributed by atoms with Crippen LogP contribution in [-0.4, -0.2) is 73.1 Å². The predicted octanol–water partition coefficient (Wildman–Crippen LogP) is 1.01. The lowest BCUT2D eigenvalue weighted by Gasteiger charge is -2.32. The maximum absolute atomic E-state index is 12.8. The average molecular weight is 374 g/mol. The second kappa shape index (κ2) is 9.19. The van der Waals surface area contributed by atoms with Crippen LogP contribution < -0.4 is 16.0 Å². The minimum atomic E-state index is -0.179. The van der Waals surface area contributed by atoms with Crippen molar-refractivity contribution in [1.82, 2.24) is 25.8 Å². The summed E-state index contributed by atoms with van der Waals surface area (Å²) in [5, 5.41) is 8.99. The molecule has 1 unspecified atom stereocenters. The third-order valence-electron chi connectivity index (χ3n) is 5.19. The molecule has 2 aliphatic rings. The number of amides is 3. The fraction of sp³-hybridized carbons (Fsp3) is 0.600. The summed E-state index contributed by atoms with van der Waals surface area (Å²) in [5.41, 5.74) is 1.69. The molecule has 0 bridgehead atoms. The molecule has 1 aromatic rings. The summed E-state index contributed by atoms with van der Waals surface area (Å²) in [6, 6.07) is 7.95. The lowest BCUT2D eigenvalue weighted by Crippen LogP contribution is -2.49. The number of hydrogen-bond donors (Lipinski definition) is 3. The molecule has 148 valence electrons. The number of nitrogens with zero attached hydrogens (tertiary/aromatic N) is 2. The molecule has 1 aromatic carbocycles. The zero-order valence-corrected chi connectivity index (χ0v) is 16.3. The number of carbonyl (C=O) groups is 2. The molecule has 3 amide bonds. The van der Waals surface area contributed by atoms with E-state index < -0.39 is 0 Å². The van der Waals surface area contributed by atoms with E-state index in [-0.39, 0.29) is 18.0 Å². The van der Waals surface area contributed by atoms with Crippen molar-refractivity contribution in [1.29, 1.82) is 0 Å². The molecule has 1 atom stereocenters. The molecule has 2 heterocycles. The summed E-state index contributed by atoms with van der Waals surface area (Å²) in [5.74, 6) is 0.102. The van der Waals surface area contributed by atoms with Gasteiger partial charge in [-0.2, -0.15) is 0 Å². The van der Waals surface area contributed by atoms with Crippen molar-refractivity contribution in [3.8, 4) is 0 Å². The maximum Gasteiger partial charge on any atom is 0.315 e. The molecule has 2 aliphatic heterocycles. The van der Waals surface area contributed by atoms with Crippen molar-refractivity contribution in [2.45, 2.75) is 38.9 Å². The quantitative estimate of drug-likeness (QED) is 0.720. The van der Waals surface area contributed by atoms with Gasteiger partial charge in [-0.3, -0.25) is 9.69 Å². The van der Waals surface area contributed by atoms with Crippen LogP contribution in [0.1, 0.15) is 36.2 Å². The first-order chi connectivity index (χ1) is 13.0. The number of piperazine rings is 1. The lowest BCUT2D eigenvalue weighted by molar-refractivity contribution is 0.0773. The number of carbonyl (C=O) groups excluding carboxylic acids is 2. The van der Waals surface area contributed by atoms with Gasteiger partial charge >= 0.3 is 6.03 Å². The fourth-order valence-corrected chi connectivity index (χ4v) is 3.71. The van der Waals surface area contributed by atoms with E-state index in [0.29, 0.717) is 18.2 Å². The van der Waals surface area contributed by atoms with Gasteiger partial charge in [-0.05, 0) is 38.0 Å². The summed E-state index contributed by atoms with van der Waals surface area (Å²) >= 11 is 0. The van der Waals surface area contributed by atoms with Crippen LogP contribution in [0.2, 0.25) is 0 Å². The van der Waals surface area contributed by atoms with Gasteiger partial charge in [-0.15, -0.1) is 0 Å². The van der Waals surface area contributed by atoms with E-state index in [1.807, 2.05) is 43.0 Å². The van der Waals surface area contributed by atoms with Crippen molar-refractivity contribution in [3.05, 3.63) is 35.4 Å². The van der Waals surface area contributed by atoms with Gasteiger partial charge in [0.05, 0.1) is 0 Å². The van der Waals surface area contributed by atoms with E-state index in [4.69, 9.17) is 0 Å². The second-order valence-electron chi connectivity index (χ2n) is 7.66. The first-order valence-corrected chi connectivity index (χ1v) is 9.90. The molecule has 0 saturated carbocycles. The molecule has 0 aliphatic carbocycles. The average Bonchev–Trinajstić information content (AvgIpc) is 3.17. The highest BCUT2D eigenvalue weighted by Crippen LogP contribution is 2.19.